The minimum absolute atomic E-state index is 0.0234. The van der Waals surface area contributed by atoms with Crippen LogP contribution in [-0.2, 0) is 13.1 Å². The lowest BCUT2D eigenvalue weighted by atomic mass is 10.1. The van der Waals surface area contributed by atoms with E-state index in [1.165, 1.54) is 33.5 Å². The summed E-state index contributed by atoms with van der Waals surface area (Å²) in [6.07, 6.45) is 1.19. The average Bonchev–Trinajstić information content (AvgIpc) is 3.13. The molecule has 1 fully saturated rings. The number of hydrogen-bond acceptors (Lipinski definition) is 6. The van der Waals surface area contributed by atoms with Crippen LogP contribution in [0.25, 0.3) is 0 Å². The highest BCUT2D eigenvalue weighted by atomic mass is 32.2. The van der Waals surface area contributed by atoms with Gasteiger partial charge in [-0.15, -0.1) is 11.8 Å². The number of carbonyl (C=O) groups excluding carboxylic acids is 2. The highest BCUT2D eigenvalue weighted by Gasteiger charge is 2.43. The van der Waals surface area contributed by atoms with Crippen LogP contribution in [0.2, 0.25) is 0 Å². The number of amides is 2. The first-order valence-corrected chi connectivity index (χ1v) is 10.1. The molecule has 3 N–H and O–H groups in total. The van der Waals surface area contributed by atoms with Gasteiger partial charge in [0.1, 0.15) is 17.2 Å². The van der Waals surface area contributed by atoms with Crippen LogP contribution in [0.5, 0.6) is 5.75 Å². The number of aliphatic hydroxyl groups excluding tert-OH is 1. The zero-order valence-corrected chi connectivity index (χ0v) is 16.3. The highest BCUT2D eigenvalue weighted by Crippen LogP contribution is 2.36. The lowest BCUT2D eigenvalue weighted by Gasteiger charge is -2.35. The largest absolute Gasteiger partial charge is 0.503 e. The van der Waals surface area contributed by atoms with Crippen LogP contribution in [0.4, 0.5) is 8.78 Å². The molecule has 0 radical (unpaired) electrons. The summed E-state index contributed by atoms with van der Waals surface area (Å²) in [7, 11) is 0. The van der Waals surface area contributed by atoms with Gasteiger partial charge in [-0.25, -0.2) is 8.78 Å². The third kappa shape index (κ3) is 3.33. The summed E-state index contributed by atoms with van der Waals surface area (Å²) in [5, 5.41) is 21.9. The Morgan fingerprint density at radius 3 is 2.77 bits per heavy atom. The van der Waals surface area contributed by atoms with E-state index in [1.807, 2.05) is 0 Å². The number of thioether (sulfide) groups is 1. The predicted octanol–water partition coefficient (Wildman–Crippen LogP) is 0.652. The number of carbonyl (C=O) groups is 2. The van der Waals surface area contributed by atoms with Gasteiger partial charge >= 0.3 is 0 Å². The quantitative estimate of drug-likeness (QED) is 0.648. The van der Waals surface area contributed by atoms with Crippen LogP contribution in [-0.4, -0.2) is 55.3 Å². The molecule has 2 aliphatic rings. The summed E-state index contributed by atoms with van der Waals surface area (Å²) >= 11 is 1.45. The van der Waals surface area contributed by atoms with E-state index >= 15 is 0 Å². The summed E-state index contributed by atoms with van der Waals surface area (Å²) in [6.45, 7) is -0.306. The van der Waals surface area contributed by atoms with Crippen molar-refractivity contribution in [3.8, 4) is 5.75 Å². The normalized spacial score (nSPS) is 20.1. The van der Waals surface area contributed by atoms with E-state index in [0.717, 1.165) is 6.07 Å². The first-order chi connectivity index (χ1) is 14.3. The molecule has 1 aromatic heterocycles. The first-order valence-electron chi connectivity index (χ1n) is 9.05. The van der Waals surface area contributed by atoms with Gasteiger partial charge in [-0.2, -0.15) is 0 Å². The second-order valence-corrected chi connectivity index (χ2v) is 8.19. The fourth-order valence-electron chi connectivity index (χ4n) is 3.60. The second-order valence-electron chi connectivity index (χ2n) is 6.98. The van der Waals surface area contributed by atoms with Gasteiger partial charge in [0.05, 0.1) is 24.6 Å². The molecule has 0 aliphatic carbocycles. The number of pyridine rings is 1. The molecule has 30 heavy (non-hydrogen) atoms. The van der Waals surface area contributed by atoms with Crippen molar-refractivity contribution in [1.29, 1.82) is 0 Å². The second kappa shape index (κ2) is 7.73. The third-order valence-corrected chi connectivity index (χ3v) is 6.48. The SMILES string of the molecule is O=C(NCc1ccc(F)cc1F)c1cn2c(c(O)c1=O)C(=O)N1C(C2)SC[C@H]1CO. The number of nitrogens with one attached hydrogen (secondary N) is 1. The Morgan fingerprint density at radius 1 is 1.30 bits per heavy atom. The number of rotatable bonds is 4. The van der Waals surface area contributed by atoms with Crippen molar-refractivity contribution in [3.05, 3.63) is 63.1 Å². The van der Waals surface area contributed by atoms with Crippen molar-refractivity contribution < 1.29 is 28.6 Å². The molecule has 1 unspecified atom stereocenters. The van der Waals surface area contributed by atoms with Gasteiger partial charge in [0.2, 0.25) is 5.43 Å². The van der Waals surface area contributed by atoms with Crippen molar-refractivity contribution in [1.82, 2.24) is 14.8 Å². The first kappa shape index (κ1) is 20.4. The maximum absolute atomic E-state index is 13.7. The Labute approximate surface area is 173 Å². The van der Waals surface area contributed by atoms with Crippen molar-refractivity contribution in [2.45, 2.75) is 24.5 Å². The average molecular weight is 437 g/mol. The molecule has 2 amide bonds. The van der Waals surface area contributed by atoms with Crippen LogP contribution in [0, 0.1) is 11.6 Å². The van der Waals surface area contributed by atoms with E-state index in [0.29, 0.717) is 11.8 Å². The van der Waals surface area contributed by atoms with E-state index in [2.05, 4.69) is 5.32 Å². The van der Waals surface area contributed by atoms with Gasteiger partial charge in [0, 0.05) is 30.1 Å². The summed E-state index contributed by atoms with van der Waals surface area (Å²) in [5.74, 6) is -3.40. The van der Waals surface area contributed by atoms with Gasteiger partial charge in [-0.05, 0) is 6.07 Å². The molecule has 11 heteroatoms. The molecule has 2 aliphatic heterocycles. The lowest BCUT2D eigenvalue weighted by Crippen LogP contribution is -2.50. The molecular weight excluding hydrogens is 420 g/mol. The summed E-state index contributed by atoms with van der Waals surface area (Å²) in [5.41, 5.74) is -1.65. The molecule has 4 rings (SSSR count). The number of benzene rings is 1. The molecular formula is C19H17F2N3O5S. The van der Waals surface area contributed by atoms with E-state index in [4.69, 9.17) is 0 Å². The van der Waals surface area contributed by atoms with Crippen LogP contribution in [0.15, 0.2) is 29.2 Å². The molecule has 0 spiro atoms. The minimum Gasteiger partial charge on any atom is -0.503 e. The van der Waals surface area contributed by atoms with Gasteiger partial charge in [-0.1, -0.05) is 6.07 Å². The van der Waals surface area contributed by atoms with E-state index in [9.17, 15) is 33.4 Å². The monoisotopic (exact) mass is 437 g/mol. The number of aromatic nitrogens is 1. The summed E-state index contributed by atoms with van der Waals surface area (Å²) < 4.78 is 28.1. The molecule has 2 aromatic rings. The molecule has 1 saturated heterocycles. The minimum atomic E-state index is -1.03. The maximum atomic E-state index is 13.7. The Morgan fingerprint density at radius 2 is 2.07 bits per heavy atom. The van der Waals surface area contributed by atoms with Crippen LogP contribution >= 0.6 is 11.8 Å². The number of aromatic hydroxyl groups is 1. The molecule has 0 saturated carbocycles. The molecule has 158 valence electrons. The lowest BCUT2D eigenvalue weighted by molar-refractivity contribution is 0.0547. The fourth-order valence-corrected chi connectivity index (χ4v) is 5.01. The van der Waals surface area contributed by atoms with Gasteiger partial charge < -0.3 is 25.0 Å². The van der Waals surface area contributed by atoms with E-state index in [1.54, 1.807) is 0 Å². The predicted molar refractivity (Wildman–Crippen MR) is 103 cm³/mol. The van der Waals surface area contributed by atoms with Crippen molar-refractivity contribution in [2.24, 2.45) is 0 Å². The van der Waals surface area contributed by atoms with Gasteiger partial charge in [0.15, 0.2) is 11.4 Å². The van der Waals surface area contributed by atoms with Gasteiger partial charge in [-0.3, -0.25) is 14.4 Å². The zero-order chi connectivity index (χ0) is 21.6. The van der Waals surface area contributed by atoms with Crippen molar-refractivity contribution in [2.75, 3.05) is 12.4 Å². The zero-order valence-electron chi connectivity index (χ0n) is 15.5. The standard InChI is InChI=1S/C19H17F2N3O5S/c20-10-2-1-9(13(21)3-10)4-22-18(28)12-5-23-6-14-24(11(7-25)8-30-14)19(29)15(23)17(27)16(12)26/h1-3,5,11,14,25,27H,4,6-8H2,(H,22,28)/t11-,14?/m1/s1. The summed E-state index contributed by atoms with van der Waals surface area (Å²) in [6, 6.07) is 2.48. The third-order valence-electron chi connectivity index (χ3n) is 5.14. The molecule has 3 heterocycles. The van der Waals surface area contributed by atoms with Crippen LogP contribution in [0.1, 0.15) is 26.4 Å². The van der Waals surface area contributed by atoms with Crippen LogP contribution in [0.3, 0.4) is 0 Å². The van der Waals surface area contributed by atoms with Crippen molar-refractivity contribution >= 4 is 23.6 Å². The summed E-state index contributed by atoms with van der Waals surface area (Å²) in [4.78, 5) is 39.3. The molecule has 1 aromatic carbocycles. The molecule has 8 nitrogen and oxygen atoms in total. The fraction of sp³-hybridized carbons (Fsp3) is 0.316. The van der Waals surface area contributed by atoms with Gasteiger partial charge in [0.25, 0.3) is 11.8 Å². The molecule has 2 atom stereocenters. The maximum Gasteiger partial charge on any atom is 0.275 e. The number of hydrogen-bond donors (Lipinski definition) is 3. The van der Waals surface area contributed by atoms with Crippen LogP contribution < -0.4 is 10.7 Å². The van der Waals surface area contributed by atoms with Crippen molar-refractivity contribution in [3.63, 3.8) is 0 Å². The van der Waals surface area contributed by atoms with E-state index in [-0.39, 0.29) is 36.3 Å². The number of halogens is 2. The van der Waals surface area contributed by atoms with E-state index < -0.39 is 46.2 Å². The number of nitrogens with zero attached hydrogens (tertiary/aromatic N) is 2. The number of fused-ring (bicyclic) bond motifs is 2. The topological polar surface area (TPSA) is 112 Å². The Kier molecular flexibility index (Phi) is 5.24. The number of aliphatic hydroxyl groups is 1. The highest BCUT2D eigenvalue weighted by molar-refractivity contribution is 8.00. The smallest absolute Gasteiger partial charge is 0.275 e. The Hall–Kier alpha value is -2.92. The Balaban J connectivity index is 1.62. The molecule has 0 bridgehead atoms. The Bertz CT molecular complexity index is 1110.